The number of hydrogen-bond donors (Lipinski definition) is 1. The zero-order valence-electron chi connectivity index (χ0n) is 9.65. The molecule has 1 aliphatic heterocycles. The predicted molar refractivity (Wildman–Crippen MR) is 66.6 cm³/mol. The quantitative estimate of drug-likeness (QED) is 0.742. The van der Waals surface area contributed by atoms with E-state index < -0.39 is 0 Å². The third kappa shape index (κ3) is 2.86. The molecule has 88 valence electrons. The second-order valence-electron chi connectivity index (χ2n) is 4.01. The Balaban J connectivity index is 2.14. The lowest BCUT2D eigenvalue weighted by molar-refractivity contribution is -0.119. The number of hydrogen-bond acceptors (Lipinski definition) is 2. The normalized spacial score (nSPS) is 15.4. The molecule has 3 heteroatoms. The van der Waals surface area contributed by atoms with Gasteiger partial charge in [-0.1, -0.05) is 11.8 Å². The number of nitrogens with zero attached hydrogens (tertiary/aromatic N) is 1. The van der Waals surface area contributed by atoms with E-state index in [1.807, 2.05) is 29.2 Å². The van der Waals surface area contributed by atoms with Crippen LogP contribution in [0.1, 0.15) is 24.8 Å². The van der Waals surface area contributed by atoms with Crippen molar-refractivity contribution >= 4 is 11.6 Å². The monoisotopic (exact) mass is 229 g/mol. The van der Waals surface area contributed by atoms with Gasteiger partial charge in [0.25, 0.3) is 0 Å². The van der Waals surface area contributed by atoms with Gasteiger partial charge in [-0.05, 0) is 37.1 Å². The topological polar surface area (TPSA) is 40.5 Å². The minimum atomic E-state index is -0.133. The molecule has 0 bridgehead atoms. The van der Waals surface area contributed by atoms with Gasteiger partial charge in [-0.2, -0.15) is 0 Å². The molecule has 0 saturated carbocycles. The Morgan fingerprint density at radius 3 is 2.65 bits per heavy atom. The minimum Gasteiger partial charge on any atom is -0.384 e. The highest BCUT2D eigenvalue weighted by atomic mass is 16.2. The summed E-state index contributed by atoms with van der Waals surface area (Å²) < 4.78 is 0. The van der Waals surface area contributed by atoms with Crippen LogP contribution >= 0.6 is 0 Å². The first-order chi connectivity index (χ1) is 8.31. The van der Waals surface area contributed by atoms with Crippen molar-refractivity contribution in [2.45, 2.75) is 19.3 Å². The van der Waals surface area contributed by atoms with Crippen LogP contribution < -0.4 is 4.90 Å². The lowest BCUT2D eigenvalue weighted by Gasteiger charge is -2.26. The van der Waals surface area contributed by atoms with Crippen molar-refractivity contribution < 1.29 is 9.90 Å². The number of piperidine rings is 1. The third-order valence-corrected chi connectivity index (χ3v) is 2.81. The number of aliphatic hydroxyl groups excluding tert-OH is 1. The molecule has 0 radical (unpaired) electrons. The van der Waals surface area contributed by atoms with Crippen LogP contribution in [0.4, 0.5) is 5.69 Å². The Labute approximate surface area is 101 Å². The molecule has 1 heterocycles. The average Bonchev–Trinajstić information content (AvgIpc) is 2.38. The number of rotatable bonds is 1. The first-order valence-electron chi connectivity index (χ1n) is 5.81. The zero-order valence-corrected chi connectivity index (χ0v) is 9.65. The summed E-state index contributed by atoms with van der Waals surface area (Å²) in [5.74, 6) is 5.63. The van der Waals surface area contributed by atoms with Gasteiger partial charge in [0.15, 0.2) is 0 Å². The molecule has 1 aromatic rings. The molecule has 0 aromatic heterocycles. The van der Waals surface area contributed by atoms with Crippen LogP contribution in [0, 0.1) is 11.8 Å². The Bertz CT molecular complexity index is 453. The van der Waals surface area contributed by atoms with Crippen LogP contribution in [0.2, 0.25) is 0 Å². The predicted octanol–water partition coefficient (Wildman–Crippen LogP) is 1.55. The highest BCUT2D eigenvalue weighted by Crippen LogP contribution is 2.20. The molecule has 1 N–H and O–H groups in total. The molecular weight excluding hydrogens is 214 g/mol. The Morgan fingerprint density at radius 2 is 2.00 bits per heavy atom. The van der Waals surface area contributed by atoms with Crippen LogP contribution in [0.5, 0.6) is 0 Å². The number of carbonyl (C=O) groups is 1. The number of benzene rings is 1. The van der Waals surface area contributed by atoms with Crippen LogP contribution in [0.15, 0.2) is 24.3 Å². The van der Waals surface area contributed by atoms with Gasteiger partial charge in [0.2, 0.25) is 5.91 Å². The number of amides is 1. The summed E-state index contributed by atoms with van der Waals surface area (Å²) in [6.07, 6.45) is 2.71. The number of aliphatic hydroxyl groups is 1. The number of carbonyl (C=O) groups excluding carboxylic acids is 1. The Hall–Kier alpha value is -1.79. The second-order valence-corrected chi connectivity index (χ2v) is 4.01. The van der Waals surface area contributed by atoms with E-state index in [2.05, 4.69) is 11.8 Å². The molecule has 1 aliphatic rings. The van der Waals surface area contributed by atoms with E-state index in [1.54, 1.807) is 0 Å². The zero-order chi connectivity index (χ0) is 12.1. The molecule has 0 atom stereocenters. The van der Waals surface area contributed by atoms with Gasteiger partial charge in [0.1, 0.15) is 6.61 Å². The van der Waals surface area contributed by atoms with Crippen molar-refractivity contribution in [3.63, 3.8) is 0 Å². The van der Waals surface area contributed by atoms with Crippen LogP contribution in [0.25, 0.3) is 0 Å². The van der Waals surface area contributed by atoms with E-state index in [0.717, 1.165) is 30.6 Å². The summed E-state index contributed by atoms with van der Waals surface area (Å²) in [7, 11) is 0. The van der Waals surface area contributed by atoms with Crippen molar-refractivity contribution in [3.8, 4) is 11.8 Å². The standard InChI is InChI=1S/C14H15NO2/c16-11-3-4-12-6-8-13(9-7-12)15-10-2-1-5-14(15)17/h6-9,16H,1-2,5,10-11H2. The first-order valence-corrected chi connectivity index (χ1v) is 5.81. The summed E-state index contributed by atoms with van der Waals surface area (Å²) in [5.41, 5.74) is 1.79. The maximum atomic E-state index is 11.7. The number of anilines is 1. The van der Waals surface area contributed by atoms with Crippen LogP contribution in [-0.4, -0.2) is 24.2 Å². The highest BCUT2D eigenvalue weighted by molar-refractivity contribution is 5.93. The fourth-order valence-corrected chi connectivity index (χ4v) is 1.95. The molecule has 0 unspecified atom stereocenters. The largest absolute Gasteiger partial charge is 0.384 e. The van der Waals surface area contributed by atoms with Crippen molar-refractivity contribution in [1.29, 1.82) is 0 Å². The summed E-state index contributed by atoms with van der Waals surface area (Å²) in [4.78, 5) is 13.5. The van der Waals surface area contributed by atoms with Gasteiger partial charge in [-0.3, -0.25) is 4.79 Å². The molecule has 3 nitrogen and oxygen atoms in total. The van der Waals surface area contributed by atoms with E-state index in [-0.39, 0.29) is 12.5 Å². The SMILES string of the molecule is O=C1CCCCN1c1ccc(C#CCO)cc1. The van der Waals surface area contributed by atoms with Gasteiger partial charge in [-0.15, -0.1) is 0 Å². The molecule has 17 heavy (non-hydrogen) atoms. The van der Waals surface area contributed by atoms with E-state index in [1.165, 1.54) is 0 Å². The van der Waals surface area contributed by atoms with E-state index in [0.29, 0.717) is 6.42 Å². The maximum Gasteiger partial charge on any atom is 0.226 e. The molecule has 1 saturated heterocycles. The van der Waals surface area contributed by atoms with Gasteiger partial charge in [0.05, 0.1) is 0 Å². The summed E-state index contributed by atoms with van der Waals surface area (Å²) in [5, 5.41) is 8.59. The fraction of sp³-hybridized carbons (Fsp3) is 0.357. The summed E-state index contributed by atoms with van der Waals surface area (Å²) >= 11 is 0. The molecule has 1 amide bonds. The minimum absolute atomic E-state index is 0.133. The van der Waals surface area contributed by atoms with E-state index in [4.69, 9.17) is 5.11 Å². The molecule has 1 fully saturated rings. The van der Waals surface area contributed by atoms with Crippen molar-refractivity contribution in [2.24, 2.45) is 0 Å². The van der Waals surface area contributed by atoms with Crippen molar-refractivity contribution in [3.05, 3.63) is 29.8 Å². The molecule has 0 aliphatic carbocycles. The van der Waals surface area contributed by atoms with Crippen molar-refractivity contribution in [1.82, 2.24) is 0 Å². The molecular formula is C14H15NO2. The molecule has 1 aromatic carbocycles. The summed E-state index contributed by atoms with van der Waals surface area (Å²) in [6.45, 7) is 0.673. The van der Waals surface area contributed by atoms with Gasteiger partial charge < -0.3 is 10.0 Å². The van der Waals surface area contributed by atoms with E-state index in [9.17, 15) is 4.79 Å². The maximum absolute atomic E-state index is 11.7. The lowest BCUT2D eigenvalue weighted by Crippen LogP contribution is -2.35. The van der Waals surface area contributed by atoms with E-state index >= 15 is 0 Å². The Kier molecular flexibility index (Phi) is 3.79. The lowest BCUT2D eigenvalue weighted by atomic mass is 10.1. The third-order valence-electron chi connectivity index (χ3n) is 2.81. The smallest absolute Gasteiger partial charge is 0.226 e. The van der Waals surface area contributed by atoms with Crippen LogP contribution in [0.3, 0.4) is 0 Å². The van der Waals surface area contributed by atoms with Crippen LogP contribution in [-0.2, 0) is 4.79 Å². The molecule has 2 rings (SSSR count). The summed E-state index contributed by atoms with van der Waals surface area (Å²) in [6, 6.07) is 7.56. The molecule has 0 spiro atoms. The second kappa shape index (κ2) is 5.51. The van der Waals surface area contributed by atoms with Gasteiger partial charge in [-0.25, -0.2) is 0 Å². The Morgan fingerprint density at radius 1 is 1.24 bits per heavy atom. The van der Waals surface area contributed by atoms with Gasteiger partial charge >= 0.3 is 0 Å². The van der Waals surface area contributed by atoms with Crippen molar-refractivity contribution in [2.75, 3.05) is 18.1 Å². The van der Waals surface area contributed by atoms with Gasteiger partial charge in [0, 0.05) is 24.2 Å². The average molecular weight is 229 g/mol. The fourth-order valence-electron chi connectivity index (χ4n) is 1.95. The highest BCUT2D eigenvalue weighted by Gasteiger charge is 2.18. The first kappa shape index (κ1) is 11.7.